The quantitative estimate of drug-likeness (QED) is 0.0262. The van der Waals surface area contributed by atoms with Crippen molar-refractivity contribution in [2.45, 2.75) is 214 Å². The summed E-state index contributed by atoms with van der Waals surface area (Å²) in [5, 5.41) is 11.0. The van der Waals surface area contributed by atoms with Gasteiger partial charge in [-0.2, -0.15) is 19.9 Å². The molecule has 32 nitrogen and oxygen atoms in total. The van der Waals surface area contributed by atoms with Gasteiger partial charge in [0, 0.05) is 95.2 Å². The number of nitrogens with zero attached hydrogens (tertiary/aromatic N) is 17. The predicted molar refractivity (Wildman–Crippen MR) is 524 cm³/mol. The van der Waals surface area contributed by atoms with Gasteiger partial charge < -0.3 is 39.1 Å². The maximum Gasteiger partial charge on any atom is 0.348 e. The van der Waals surface area contributed by atoms with Crippen LogP contribution in [0.5, 0.6) is 11.6 Å². The molecule has 5 amide bonds. The zero-order valence-electron chi connectivity index (χ0n) is 79.0. The zero-order chi connectivity index (χ0) is 97.1. The highest BCUT2D eigenvalue weighted by atomic mass is 16.5. The van der Waals surface area contributed by atoms with E-state index in [9.17, 15) is 43.2 Å². The average molecular weight is 1820 g/mol. The van der Waals surface area contributed by atoms with E-state index in [-0.39, 0.29) is 140 Å². The van der Waals surface area contributed by atoms with Crippen molar-refractivity contribution in [1.82, 2.24) is 93.4 Å². The lowest BCUT2D eigenvalue weighted by Gasteiger charge is -2.28. The number of carbonyl (C=O) groups is 7. The SMILES string of the molecule is C.C=C1C=CN(C(C)C)C(=O)N1.C=C1NC(=O)N(C(C)C)C=C1C.C=C1NC=Nc2c1ncn2C(C)C.CC(C)n1ccc(CC(=O)c2ccccc2)nc1=O.CC(C)n1cnc2c(CC(=O)c3ccccc3)ncnc21.CC(C)n1cnc2c(OCc3ccc(OC(=O)C(C)(C)C)cc3)nc(NC(=O)Cc3ccccc3)nc21.Cc1cn(C(C)C)c(=O)nc1CC(=O)c1ccccc1. The van der Waals surface area contributed by atoms with Crippen LogP contribution in [0.1, 0.15) is 233 Å². The van der Waals surface area contributed by atoms with Crippen LogP contribution in [0.3, 0.4) is 0 Å². The fourth-order valence-electron chi connectivity index (χ4n) is 12.8. The van der Waals surface area contributed by atoms with Crippen LogP contribution in [0.25, 0.3) is 28.0 Å². The Balaban J connectivity index is 0.000000200. The number of allylic oxidation sites excluding steroid dienone is 2. The van der Waals surface area contributed by atoms with Gasteiger partial charge in [0.05, 0.1) is 79.2 Å². The molecule has 0 atom stereocenters. The summed E-state index contributed by atoms with van der Waals surface area (Å²) in [5.74, 6) is 1.21. The maximum absolute atomic E-state index is 12.6. The second kappa shape index (κ2) is 48.5. The summed E-state index contributed by atoms with van der Waals surface area (Å²) in [6.07, 6.45) is 17.9. The number of amides is 5. The topological polar surface area (TPSA) is 380 Å². The fourth-order valence-corrected chi connectivity index (χ4v) is 12.8. The van der Waals surface area contributed by atoms with Gasteiger partial charge in [-0.1, -0.05) is 161 Å². The molecule has 0 spiro atoms. The average Bonchev–Trinajstić information content (AvgIpc) is 1.64. The molecular weight excluding hydrogens is 1700 g/mol. The van der Waals surface area contributed by atoms with Crippen molar-refractivity contribution in [3.05, 3.63) is 322 Å². The van der Waals surface area contributed by atoms with Crippen LogP contribution in [-0.4, -0.2) is 137 Å². The van der Waals surface area contributed by atoms with Gasteiger partial charge in [0.2, 0.25) is 17.7 Å². The van der Waals surface area contributed by atoms with E-state index in [4.69, 9.17) is 9.47 Å². The van der Waals surface area contributed by atoms with Crippen LogP contribution in [0.15, 0.2) is 259 Å². The molecule has 134 heavy (non-hydrogen) atoms. The molecule has 15 rings (SSSR count). The smallest absolute Gasteiger partial charge is 0.348 e. The minimum absolute atomic E-state index is 0. The van der Waals surface area contributed by atoms with Gasteiger partial charge >= 0.3 is 29.4 Å². The number of benzene rings is 5. The van der Waals surface area contributed by atoms with E-state index < -0.39 is 5.41 Å². The number of esters is 1. The molecule has 0 aliphatic carbocycles. The molecule has 5 aromatic carbocycles. The first-order chi connectivity index (χ1) is 63.1. The van der Waals surface area contributed by atoms with Gasteiger partial charge in [-0.25, -0.2) is 49.1 Å². The largest absolute Gasteiger partial charge is 0.471 e. The summed E-state index contributed by atoms with van der Waals surface area (Å²) >= 11 is 0. The summed E-state index contributed by atoms with van der Waals surface area (Å²) < 4.78 is 20.5. The molecule has 3 aliphatic heterocycles. The zero-order valence-corrected chi connectivity index (χ0v) is 79.0. The van der Waals surface area contributed by atoms with Crippen molar-refractivity contribution in [2.75, 3.05) is 5.32 Å². The standard InChI is InChI=1S/C28H31N5O4.C16H16N4O.C16H18N2O2.C15H16N2O2.C9H12N4.C9H14N2O.C8H12N2O.CH4/c1-18(2)33-17-29-23-24(33)31-27(30-22(34)15-19-9-7-6-8-10-19)32-25(23)36-16-20-11-13-21(14-12-20)37-26(35)28(3,4)5;1-11(2)20-10-19-15-13(17-9-18-16(15)20)8-14(21)12-6-4-3-5-7-12;1-11(2)18-10-12(3)14(17-16(18)20)9-15(19)13-7-5-4-6-8-13;1-11(2)17-9-8-13(16-15(17)19)10-14(18)12-6-4-3-5-7-12;1-6(2)13-5-12-8-7(3)10-4-11-9(8)13;1-6(2)11-5-7(3)8(4)10-9(11)12;1-6(2)10-5-4-7(3)9-8(10)11;/h6-14,17-18H,15-16H2,1-5H3,(H,30,31,32,34);3-7,9-11H,8H2,1-2H3;4-8,10-11H,9H2,1-3H3;3-9,11H,10H2,1-2H3;4-6H,3H2,1-2H3,(H,10,11);5-6H,4H2,1-3H3,(H,10,12);4-6H,3H2,1-2H3,(H,9,11);1H4. The van der Waals surface area contributed by atoms with Crippen LogP contribution in [0, 0.1) is 12.3 Å². The van der Waals surface area contributed by atoms with Crippen LogP contribution in [0.4, 0.5) is 21.4 Å². The number of ketones is 3. The number of aryl methyl sites for hydroxylation is 1. The van der Waals surface area contributed by atoms with Crippen molar-refractivity contribution in [3.63, 3.8) is 0 Å². The maximum atomic E-state index is 12.6. The molecule has 0 radical (unpaired) electrons. The van der Waals surface area contributed by atoms with E-state index in [1.54, 1.807) is 128 Å². The second-order valence-corrected chi connectivity index (χ2v) is 34.3. The molecule has 10 heterocycles. The number of Topliss-reactive ketones (excluding diaryl/α,β-unsaturated/α-hetero) is 3. The van der Waals surface area contributed by atoms with Crippen molar-refractivity contribution in [2.24, 2.45) is 10.4 Å². The van der Waals surface area contributed by atoms with Crippen molar-refractivity contribution in [1.29, 1.82) is 0 Å². The van der Waals surface area contributed by atoms with Crippen LogP contribution in [0.2, 0.25) is 0 Å². The van der Waals surface area contributed by atoms with Gasteiger partial charge in [0.15, 0.2) is 40.0 Å². The Morgan fingerprint density at radius 3 is 1.52 bits per heavy atom. The molecular formula is C102H123N21O11. The third-order valence-corrected chi connectivity index (χ3v) is 20.4. The number of nitrogens with one attached hydrogen (secondary N) is 4. The highest BCUT2D eigenvalue weighted by Crippen LogP contribution is 2.30. The van der Waals surface area contributed by atoms with E-state index >= 15 is 0 Å². The molecule has 0 bridgehead atoms. The fraction of sp³-hybridized carbons (Fsp3) is 0.324. The molecule has 0 saturated heterocycles. The lowest BCUT2D eigenvalue weighted by molar-refractivity contribution is -0.143. The molecule has 3 aliphatic rings. The Bertz CT molecular complexity index is 6340. The van der Waals surface area contributed by atoms with Crippen LogP contribution < -0.4 is 42.1 Å². The lowest BCUT2D eigenvalue weighted by atomic mass is 9.97. The predicted octanol–water partition coefficient (Wildman–Crippen LogP) is 18.4. The van der Waals surface area contributed by atoms with E-state index in [1.807, 2.05) is 212 Å². The highest BCUT2D eigenvalue weighted by molar-refractivity contribution is 5.99. The number of imidazole rings is 3. The molecule has 7 aromatic heterocycles. The van der Waals surface area contributed by atoms with Gasteiger partial charge in [-0.15, -0.1) is 0 Å². The lowest BCUT2D eigenvalue weighted by Crippen LogP contribution is -2.43. The Morgan fingerprint density at radius 1 is 0.485 bits per heavy atom. The van der Waals surface area contributed by atoms with Gasteiger partial charge in [0.1, 0.15) is 29.9 Å². The third-order valence-electron chi connectivity index (χ3n) is 20.4. The first kappa shape index (κ1) is 104. The Hall–Kier alpha value is -15.4. The summed E-state index contributed by atoms with van der Waals surface area (Å²) in [6, 6.07) is 46.6. The van der Waals surface area contributed by atoms with E-state index in [2.05, 4.69) is 119 Å². The van der Waals surface area contributed by atoms with Gasteiger partial charge in [-0.05, 0) is 178 Å². The van der Waals surface area contributed by atoms with E-state index in [1.165, 1.54) is 10.9 Å². The molecule has 0 unspecified atom stereocenters. The minimum Gasteiger partial charge on any atom is -0.471 e. The van der Waals surface area contributed by atoms with Crippen molar-refractivity contribution >= 4 is 87.4 Å². The second-order valence-electron chi connectivity index (χ2n) is 34.3. The van der Waals surface area contributed by atoms with Gasteiger partial charge in [-0.3, -0.25) is 48.2 Å². The van der Waals surface area contributed by atoms with Gasteiger partial charge in [0.25, 0.3) is 0 Å². The number of anilines is 1. The first-order valence-corrected chi connectivity index (χ1v) is 43.7. The normalized spacial score (nSPS) is 12.5. The third kappa shape index (κ3) is 29.3. The Morgan fingerprint density at radius 2 is 0.993 bits per heavy atom. The number of rotatable bonds is 23. The number of carbonyl (C=O) groups excluding carboxylic acids is 7. The van der Waals surface area contributed by atoms with Crippen molar-refractivity contribution in [3.8, 4) is 11.6 Å². The number of urea groups is 2. The highest BCUT2D eigenvalue weighted by Gasteiger charge is 2.27. The Labute approximate surface area is 782 Å². The molecule has 702 valence electrons. The van der Waals surface area contributed by atoms with Crippen LogP contribution >= 0.6 is 0 Å². The monoisotopic (exact) mass is 1820 g/mol. The molecule has 0 saturated carbocycles. The summed E-state index contributed by atoms with van der Waals surface area (Å²) in [5.41, 5.74) is 11.6. The molecule has 32 heteroatoms. The minimum atomic E-state index is -0.590. The first-order valence-electron chi connectivity index (χ1n) is 43.7. The number of ether oxygens (including phenoxy) is 2. The molecule has 12 aromatic rings. The number of hydrogen-bond acceptors (Lipinski definition) is 22. The number of fused-ring (bicyclic) bond motifs is 3. The number of aromatic nitrogens is 14. The van der Waals surface area contributed by atoms with E-state index in [0.29, 0.717) is 73.6 Å². The van der Waals surface area contributed by atoms with Crippen LogP contribution in [-0.2, 0) is 41.9 Å². The van der Waals surface area contributed by atoms with E-state index in [0.717, 1.165) is 45.1 Å². The molecule has 0 fully saturated rings. The Kier molecular flexibility index (Phi) is 37.6. The number of hydrogen-bond donors (Lipinski definition) is 4. The summed E-state index contributed by atoms with van der Waals surface area (Å²) in [7, 11) is 0. The summed E-state index contributed by atoms with van der Waals surface area (Å²) in [6.45, 7) is 48.5. The molecule has 4 N–H and O–H groups in total. The van der Waals surface area contributed by atoms with Crippen molar-refractivity contribution < 1.29 is 43.0 Å². The summed E-state index contributed by atoms with van der Waals surface area (Å²) in [4.78, 5) is 153. The number of aliphatic imine (C=N–C) groups is 1.